The van der Waals surface area contributed by atoms with Gasteiger partial charge in [-0.3, -0.25) is 9.59 Å². The Balaban J connectivity index is 1.57. The third-order valence-corrected chi connectivity index (χ3v) is 5.96. The number of hydrogen-bond acceptors (Lipinski definition) is 7. The van der Waals surface area contributed by atoms with E-state index in [0.717, 1.165) is 9.47 Å². The Morgan fingerprint density at radius 3 is 2.46 bits per heavy atom. The lowest BCUT2D eigenvalue weighted by molar-refractivity contribution is -0.118. The summed E-state index contributed by atoms with van der Waals surface area (Å²) in [5, 5.41) is 15.0. The summed E-state index contributed by atoms with van der Waals surface area (Å²) in [4.78, 5) is 24.3. The van der Waals surface area contributed by atoms with Crippen LogP contribution < -0.4 is 10.6 Å². The second-order valence-electron chi connectivity index (χ2n) is 6.64. The number of carbonyl (C=O) groups is 2. The number of anilines is 2. The van der Waals surface area contributed by atoms with Crippen LogP contribution in [0.15, 0.2) is 28.6 Å². The molecule has 1 aliphatic rings. The fraction of sp³-hybridized carbons (Fsp3) is 0.444. The zero-order valence-corrected chi connectivity index (χ0v) is 16.6. The van der Waals surface area contributed by atoms with E-state index >= 15 is 0 Å². The minimum absolute atomic E-state index is 0.0311. The summed E-state index contributed by atoms with van der Waals surface area (Å²) in [5.74, 6) is -0.0950. The predicted molar refractivity (Wildman–Crippen MR) is 106 cm³/mol. The summed E-state index contributed by atoms with van der Waals surface area (Å²) < 4.78 is 0.787. The summed E-state index contributed by atoms with van der Waals surface area (Å²) in [5.41, 5.74) is 1.31. The van der Waals surface area contributed by atoms with Crippen molar-refractivity contribution in [2.45, 2.75) is 49.2 Å². The molecule has 0 radical (unpaired) electrons. The van der Waals surface area contributed by atoms with E-state index in [9.17, 15) is 9.59 Å². The molecule has 1 heterocycles. The van der Waals surface area contributed by atoms with Gasteiger partial charge in [0.15, 0.2) is 10.1 Å². The van der Waals surface area contributed by atoms with Crippen LogP contribution in [0.2, 0.25) is 0 Å². The van der Waals surface area contributed by atoms with Gasteiger partial charge in [-0.1, -0.05) is 36.9 Å². The van der Waals surface area contributed by atoms with E-state index < -0.39 is 0 Å². The van der Waals surface area contributed by atoms with E-state index in [1.165, 1.54) is 35.9 Å². The lowest BCUT2D eigenvalue weighted by atomic mass is 10.1. The highest BCUT2D eigenvalue weighted by Gasteiger charge is 2.23. The molecule has 1 fully saturated rings. The molecule has 1 aliphatic carbocycles. The molecule has 0 bridgehead atoms. The minimum Gasteiger partial charge on any atom is -0.357 e. The molecule has 1 saturated carbocycles. The number of benzene rings is 1. The number of rotatable bonds is 8. The van der Waals surface area contributed by atoms with Crippen molar-refractivity contribution in [3.63, 3.8) is 0 Å². The summed E-state index contributed by atoms with van der Waals surface area (Å²) >= 11 is 2.90. The third kappa shape index (κ3) is 5.04. The van der Waals surface area contributed by atoms with Crippen molar-refractivity contribution in [1.82, 2.24) is 10.2 Å². The van der Waals surface area contributed by atoms with E-state index in [0.29, 0.717) is 17.3 Å². The highest BCUT2D eigenvalue weighted by molar-refractivity contribution is 8.02. The quantitative estimate of drug-likeness (QED) is 0.522. The number of ketones is 1. The predicted octanol–water partition coefficient (Wildman–Crippen LogP) is 4.07. The smallest absolute Gasteiger partial charge is 0.226 e. The van der Waals surface area contributed by atoms with E-state index in [1.807, 2.05) is 20.8 Å². The van der Waals surface area contributed by atoms with Gasteiger partial charge in [0.1, 0.15) is 0 Å². The van der Waals surface area contributed by atoms with Gasteiger partial charge < -0.3 is 10.6 Å². The molecule has 3 rings (SSSR count). The largest absolute Gasteiger partial charge is 0.357 e. The first-order valence-corrected chi connectivity index (χ1v) is 10.3. The van der Waals surface area contributed by atoms with Crippen LogP contribution >= 0.6 is 23.1 Å². The SMILES string of the molecule is CC(C)C(=O)Nc1ccc(C(=O)C(C)Sc2nnc(NC3CC3)s2)cc1. The number of thioether (sulfide) groups is 1. The van der Waals surface area contributed by atoms with Crippen molar-refractivity contribution in [1.29, 1.82) is 0 Å². The van der Waals surface area contributed by atoms with Gasteiger partial charge in [-0.05, 0) is 44.0 Å². The zero-order valence-electron chi connectivity index (χ0n) is 15.0. The Bertz CT molecular complexity index is 785. The molecule has 0 spiro atoms. The monoisotopic (exact) mass is 390 g/mol. The molecular weight excluding hydrogens is 368 g/mol. The van der Waals surface area contributed by atoms with E-state index in [-0.39, 0.29) is 22.9 Å². The molecule has 138 valence electrons. The number of nitrogens with one attached hydrogen (secondary N) is 2. The molecule has 1 atom stereocenters. The standard InChI is InChI=1S/C18H22N4O2S2/c1-10(2)16(24)19-13-6-4-12(5-7-13)15(23)11(3)25-18-22-21-17(26-18)20-14-8-9-14/h4-7,10-11,14H,8-9H2,1-3H3,(H,19,24)(H,20,21). The molecule has 26 heavy (non-hydrogen) atoms. The normalized spacial score (nSPS) is 14.9. The van der Waals surface area contributed by atoms with Gasteiger partial charge in [0, 0.05) is 23.2 Å². The molecular formula is C18H22N4O2S2. The van der Waals surface area contributed by atoms with Crippen LogP contribution in [0.3, 0.4) is 0 Å². The molecule has 1 aromatic heterocycles. The third-order valence-electron chi connectivity index (χ3n) is 3.92. The van der Waals surface area contributed by atoms with Crippen LogP contribution in [0.5, 0.6) is 0 Å². The summed E-state index contributed by atoms with van der Waals surface area (Å²) in [6, 6.07) is 7.54. The summed E-state index contributed by atoms with van der Waals surface area (Å²) in [6.45, 7) is 5.55. The van der Waals surface area contributed by atoms with E-state index in [2.05, 4.69) is 20.8 Å². The average Bonchev–Trinajstić information content (AvgIpc) is 3.32. The number of Topliss-reactive ketones (excluding diaryl/α,β-unsaturated/α-hetero) is 1. The first kappa shape index (κ1) is 18.8. The number of hydrogen-bond donors (Lipinski definition) is 2. The Hall–Kier alpha value is -1.93. The molecule has 2 N–H and O–H groups in total. The van der Waals surface area contributed by atoms with Crippen molar-refractivity contribution in [2.75, 3.05) is 10.6 Å². The first-order valence-electron chi connectivity index (χ1n) is 8.64. The van der Waals surface area contributed by atoms with Crippen LogP contribution in [0.25, 0.3) is 0 Å². The first-order chi connectivity index (χ1) is 12.4. The lowest BCUT2D eigenvalue weighted by Gasteiger charge is -2.10. The fourth-order valence-electron chi connectivity index (χ4n) is 2.16. The molecule has 8 heteroatoms. The summed E-state index contributed by atoms with van der Waals surface area (Å²) in [7, 11) is 0. The van der Waals surface area contributed by atoms with Gasteiger partial charge in [0.25, 0.3) is 0 Å². The number of nitrogens with zero attached hydrogens (tertiary/aromatic N) is 2. The van der Waals surface area contributed by atoms with Crippen LogP contribution in [-0.2, 0) is 4.79 Å². The maximum absolute atomic E-state index is 12.6. The van der Waals surface area contributed by atoms with Crippen molar-refractivity contribution in [2.24, 2.45) is 5.92 Å². The van der Waals surface area contributed by atoms with Gasteiger partial charge >= 0.3 is 0 Å². The highest BCUT2D eigenvalue weighted by atomic mass is 32.2. The van der Waals surface area contributed by atoms with Crippen molar-refractivity contribution in [3.8, 4) is 0 Å². The Morgan fingerprint density at radius 2 is 1.85 bits per heavy atom. The Morgan fingerprint density at radius 1 is 1.15 bits per heavy atom. The van der Waals surface area contributed by atoms with Crippen LogP contribution in [-0.4, -0.2) is 33.2 Å². The van der Waals surface area contributed by atoms with Crippen molar-refractivity contribution >= 4 is 45.6 Å². The van der Waals surface area contributed by atoms with Crippen LogP contribution in [0, 0.1) is 5.92 Å². The Labute approximate surface area is 161 Å². The van der Waals surface area contributed by atoms with E-state index in [4.69, 9.17) is 0 Å². The van der Waals surface area contributed by atoms with E-state index in [1.54, 1.807) is 24.3 Å². The van der Waals surface area contributed by atoms with Crippen LogP contribution in [0.4, 0.5) is 10.8 Å². The molecule has 1 amide bonds. The number of aromatic nitrogens is 2. The average molecular weight is 391 g/mol. The number of carbonyl (C=O) groups excluding carboxylic acids is 2. The zero-order chi connectivity index (χ0) is 18.7. The van der Waals surface area contributed by atoms with Gasteiger partial charge in [-0.25, -0.2) is 0 Å². The molecule has 1 unspecified atom stereocenters. The Kier molecular flexibility index (Phi) is 5.93. The molecule has 2 aromatic rings. The maximum Gasteiger partial charge on any atom is 0.226 e. The lowest BCUT2D eigenvalue weighted by Crippen LogP contribution is -2.18. The maximum atomic E-state index is 12.6. The van der Waals surface area contributed by atoms with Gasteiger partial charge in [0.05, 0.1) is 5.25 Å². The molecule has 0 saturated heterocycles. The van der Waals surface area contributed by atoms with Crippen molar-refractivity contribution < 1.29 is 9.59 Å². The number of amides is 1. The topological polar surface area (TPSA) is 84.0 Å². The molecule has 0 aliphatic heterocycles. The van der Waals surface area contributed by atoms with Gasteiger partial charge in [0.2, 0.25) is 11.0 Å². The second kappa shape index (κ2) is 8.18. The van der Waals surface area contributed by atoms with Gasteiger partial charge in [-0.15, -0.1) is 10.2 Å². The second-order valence-corrected chi connectivity index (χ2v) is 9.20. The molecule has 6 nitrogen and oxygen atoms in total. The van der Waals surface area contributed by atoms with Crippen LogP contribution in [0.1, 0.15) is 44.0 Å². The fourth-order valence-corrected chi connectivity index (χ4v) is 4.21. The minimum atomic E-state index is -0.257. The van der Waals surface area contributed by atoms with Gasteiger partial charge in [-0.2, -0.15) is 0 Å². The molecule has 1 aromatic carbocycles. The van der Waals surface area contributed by atoms with Crippen molar-refractivity contribution in [3.05, 3.63) is 29.8 Å². The highest BCUT2D eigenvalue weighted by Crippen LogP contribution is 2.33. The summed E-state index contributed by atoms with van der Waals surface area (Å²) in [6.07, 6.45) is 2.37.